The lowest BCUT2D eigenvalue weighted by Gasteiger charge is -2.21. The molecule has 0 aromatic carbocycles. The van der Waals surface area contributed by atoms with Crippen molar-refractivity contribution in [1.82, 2.24) is 9.97 Å². The summed E-state index contributed by atoms with van der Waals surface area (Å²) in [5.74, 6) is 4.34. The smallest absolute Gasteiger partial charge is 0.133 e. The van der Waals surface area contributed by atoms with Crippen LogP contribution in [0.2, 0.25) is 0 Å². The summed E-state index contributed by atoms with van der Waals surface area (Å²) >= 11 is 5.44. The minimum atomic E-state index is 0.830. The van der Waals surface area contributed by atoms with Gasteiger partial charge in [0, 0.05) is 24.9 Å². The number of aromatic nitrogens is 2. The molecular weight excluding hydrogens is 274 g/mol. The zero-order valence-corrected chi connectivity index (χ0v) is 11.1. The molecule has 2 heterocycles. The van der Waals surface area contributed by atoms with Crippen molar-refractivity contribution in [3.05, 3.63) is 16.5 Å². The van der Waals surface area contributed by atoms with E-state index in [2.05, 4.69) is 30.8 Å². The molecule has 3 nitrogen and oxygen atoms in total. The lowest BCUT2D eigenvalue weighted by molar-refractivity contribution is 0.792. The van der Waals surface area contributed by atoms with Crippen molar-refractivity contribution in [3.63, 3.8) is 0 Å². The van der Waals surface area contributed by atoms with Gasteiger partial charge in [-0.05, 0) is 35.0 Å². The largest absolute Gasteiger partial charge is 0.356 e. The Labute approximate surface area is 103 Å². The molecular formula is C10H14BrN3S. The van der Waals surface area contributed by atoms with Gasteiger partial charge in [-0.3, -0.25) is 0 Å². The molecule has 0 bridgehead atoms. The molecule has 1 aromatic rings. The molecule has 0 N–H and O–H groups in total. The van der Waals surface area contributed by atoms with Gasteiger partial charge < -0.3 is 4.90 Å². The van der Waals surface area contributed by atoms with Gasteiger partial charge in [0.1, 0.15) is 16.2 Å². The van der Waals surface area contributed by atoms with Crippen LogP contribution in [0.4, 0.5) is 5.82 Å². The van der Waals surface area contributed by atoms with Crippen LogP contribution in [0, 0.1) is 6.92 Å². The van der Waals surface area contributed by atoms with E-state index in [1.807, 2.05) is 24.8 Å². The van der Waals surface area contributed by atoms with Gasteiger partial charge in [0.2, 0.25) is 0 Å². The van der Waals surface area contributed by atoms with E-state index in [1.54, 1.807) is 0 Å². The quantitative estimate of drug-likeness (QED) is 0.742. The predicted octanol–water partition coefficient (Wildman–Crippen LogP) is 2.49. The van der Waals surface area contributed by atoms with Gasteiger partial charge in [-0.1, -0.05) is 0 Å². The Kier molecular flexibility index (Phi) is 3.86. The average molecular weight is 288 g/mol. The molecule has 1 saturated heterocycles. The Morgan fingerprint density at radius 2 is 2.20 bits per heavy atom. The van der Waals surface area contributed by atoms with Gasteiger partial charge in [0.15, 0.2) is 0 Å². The monoisotopic (exact) mass is 287 g/mol. The molecule has 0 amide bonds. The van der Waals surface area contributed by atoms with Crippen LogP contribution in [0.1, 0.15) is 12.2 Å². The molecule has 15 heavy (non-hydrogen) atoms. The second kappa shape index (κ2) is 5.16. The number of hydrogen-bond acceptors (Lipinski definition) is 4. The van der Waals surface area contributed by atoms with E-state index in [4.69, 9.17) is 0 Å². The summed E-state index contributed by atoms with van der Waals surface area (Å²) in [5.41, 5.74) is 0. The minimum absolute atomic E-state index is 0.830. The fourth-order valence-electron chi connectivity index (χ4n) is 1.65. The molecule has 0 radical (unpaired) electrons. The van der Waals surface area contributed by atoms with Crippen molar-refractivity contribution in [3.8, 4) is 0 Å². The molecule has 82 valence electrons. The van der Waals surface area contributed by atoms with Crippen LogP contribution < -0.4 is 4.90 Å². The van der Waals surface area contributed by atoms with Crippen molar-refractivity contribution >= 4 is 33.5 Å². The van der Waals surface area contributed by atoms with Crippen LogP contribution in [0.15, 0.2) is 10.7 Å². The molecule has 2 rings (SSSR count). The SMILES string of the molecule is Cc1nc(Br)cc(N2CCCSCC2)n1. The van der Waals surface area contributed by atoms with Crippen LogP contribution in [-0.4, -0.2) is 34.6 Å². The van der Waals surface area contributed by atoms with Gasteiger partial charge in [0.05, 0.1) is 0 Å². The Morgan fingerprint density at radius 1 is 1.33 bits per heavy atom. The standard InChI is InChI=1S/C10H14BrN3S/c1-8-12-9(11)7-10(13-8)14-3-2-5-15-6-4-14/h7H,2-6H2,1H3. The first-order valence-corrected chi connectivity index (χ1v) is 7.04. The maximum Gasteiger partial charge on any atom is 0.133 e. The Balaban J connectivity index is 2.19. The van der Waals surface area contributed by atoms with E-state index < -0.39 is 0 Å². The third kappa shape index (κ3) is 3.08. The molecule has 0 spiro atoms. The average Bonchev–Trinajstić information content (AvgIpc) is 2.43. The number of nitrogens with zero attached hydrogens (tertiary/aromatic N) is 3. The third-order valence-electron chi connectivity index (χ3n) is 2.34. The first-order chi connectivity index (χ1) is 7.25. The van der Waals surface area contributed by atoms with E-state index >= 15 is 0 Å². The van der Waals surface area contributed by atoms with Crippen molar-refractivity contribution in [2.24, 2.45) is 0 Å². The number of aryl methyl sites for hydroxylation is 1. The molecule has 1 aromatic heterocycles. The molecule has 0 saturated carbocycles. The minimum Gasteiger partial charge on any atom is -0.356 e. The highest BCUT2D eigenvalue weighted by Crippen LogP contribution is 2.19. The Morgan fingerprint density at radius 3 is 3.00 bits per heavy atom. The highest BCUT2D eigenvalue weighted by Gasteiger charge is 2.12. The van der Waals surface area contributed by atoms with Crippen molar-refractivity contribution in [2.75, 3.05) is 29.5 Å². The first-order valence-electron chi connectivity index (χ1n) is 5.09. The molecule has 1 aliphatic rings. The summed E-state index contributed by atoms with van der Waals surface area (Å²) < 4.78 is 0.877. The topological polar surface area (TPSA) is 29.0 Å². The maximum absolute atomic E-state index is 4.47. The summed E-state index contributed by atoms with van der Waals surface area (Å²) in [7, 11) is 0. The normalized spacial score (nSPS) is 17.6. The van der Waals surface area contributed by atoms with Gasteiger partial charge >= 0.3 is 0 Å². The zero-order chi connectivity index (χ0) is 10.7. The van der Waals surface area contributed by atoms with Gasteiger partial charge in [-0.15, -0.1) is 0 Å². The summed E-state index contributed by atoms with van der Waals surface area (Å²) in [6.45, 7) is 4.13. The maximum atomic E-state index is 4.47. The number of hydrogen-bond donors (Lipinski definition) is 0. The molecule has 1 aliphatic heterocycles. The molecule has 5 heteroatoms. The number of thioether (sulfide) groups is 1. The van der Waals surface area contributed by atoms with E-state index in [9.17, 15) is 0 Å². The van der Waals surface area contributed by atoms with Crippen molar-refractivity contribution in [1.29, 1.82) is 0 Å². The number of halogens is 1. The van der Waals surface area contributed by atoms with Crippen LogP contribution in [0.3, 0.4) is 0 Å². The van der Waals surface area contributed by atoms with E-state index in [-0.39, 0.29) is 0 Å². The fraction of sp³-hybridized carbons (Fsp3) is 0.600. The van der Waals surface area contributed by atoms with Crippen LogP contribution >= 0.6 is 27.7 Å². The zero-order valence-electron chi connectivity index (χ0n) is 8.74. The van der Waals surface area contributed by atoms with Crippen LogP contribution in [0.25, 0.3) is 0 Å². The van der Waals surface area contributed by atoms with Gasteiger partial charge in [-0.2, -0.15) is 11.8 Å². The summed E-state index contributed by atoms with van der Waals surface area (Å²) in [5, 5.41) is 0. The first kappa shape index (κ1) is 11.2. The van der Waals surface area contributed by atoms with E-state index in [0.29, 0.717) is 0 Å². The van der Waals surface area contributed by atoms with Gasteiger partial charge in [-0.25, -0.2) is 9.97 Å². The van der Waals surface area contributed by atoms with Crippen molar-refractivity contribution < 1.29 is 0 Å². The fourth-order valence-corrected chi connectivity index (χ4v) is 3.00. The molecule has 0 aliphatic carbocycles. The second-order valence-electron chi connectivity index (χ2n) is 3.55. The van der Waals surface area contributed by atoms with Crippen molar-refractivity contribution in [2.45, 2.75) is 13.3 Å². The summed E-state index contributed by atoms with van der Waals surface area (Å²) in [6.07, 6.45) is 1.24. The lowest BCUT2D eigenvalue weighted by Crippen LogP contribution is -2.26. The summed E-state index contributed by atoms with van der Waals surface area (Å²) in [6, 6.07) is 2.00. The van der Waals surface area contributed by atoms with Gasteiger partial charge in [0.25, 0.3) is 0 Å². The van der Waals surface area contributed by atoms with E-state index in [1.165, 1.54) is 17.9 Å². The van der Waals surface area contributed by atoms with Crippen LogP contribution in [-0.2, 0) is 0 Å². The third-order valence-corrected chi connectivity index (χ3v) is 3.79. The molecule has 0 atom stereocenters. The molecule has 1 fully saturated rings. The number of anilines is 1. The predicted molar refractivity (Wildman–Crippen MR) is 68.6 cm³/mol. The van der Waals surface area contributed by atoms with Crippen LogP contribution in [0.5, 0.6) is 0 Å². The summed E-state index contributed by atoms with van der Waals surface area (Å²) in [4.78, 5) is 11.0. The van der Waals surface area contributed by atoms with E-state index in [0.717, 1.165) is 29.3 Å². The highest BCUT2D eigenvalue weighted by molar-refractivity contribution is 9.10. The number of rotatable bonds is 1. The Bertz CT molecular complexity index is 317. The Hall–Kier alpha value is -0.290. The highest BCUT2D eigenvalue weighted by atomic mass is 79.9. The second-order valence-corrected chi connectivity index (χ2v) is 5.59. The lowest BCUT2D eigenvalue weighted by atomic mass is 10.4. The molecule has 0 unspecified atom stereocenters.